The molecular formula is C13H13N3O2S. The highest BCUT2D eigenvalue weighted by molar-refractivity contribution is 7.89. The van der Waals surface area contributed by atoms with Gasteiger partial charge in [0.1, 0.15) is 6.04 Å². The lowest BCUT2D eigenvalue weighted by atomic mass is 10.1. The van der Waals surface area contributed by atoms with Crippen LogP contribution in [0.25, 0.3) is 0 Å². The van der Waals surface area contributed by atoms with Crippen molar-refractivity contribution in [3.8, 4) is 12.1 Å². The first-order valence-corrected chi connectivity index (χ1v) is 7.37. The van der Waals surface area contributed by atoms with Crippen LogP contribution in [0.2, 0.25) is 0 Å². The van der Waals surface area contributed by atoms with Crippen molar-refractivity contribution in [3.63, 3.8) is 0 Å². The Kier molecular flexibility index (Phi) is 3.57. The number of nitriles is 2. The van der Waals surface area contributed by atoms with Crippen molar-refractivity contribution in [2.75, 3.05) is 6.54 Å². The van der Waals surface area contributed by atoms with E-state index in [0.29, 0.717) is 30.5 Å². The zero-order chi connectivity index (χ0) is 14.0. The molecule has 1 unspecified atom stereocenters. The molecule has 1 aliphatic heterocycles. The smallest absolute Gasteiger partial charge is 0.207 e. The van der Waals surface area contributed by atoms with Gasteiger partial charge in [-0.1, -0.05) is 0 Å². The SMILES string of the molecule is Cc1cc(S(=O)(=O)N2CCCC2C#N)ccc1C#N. The van der Waals surface area contributed by atoms with E-state index in [1.54, 1.807) is 6.92 Å². The second-order valence-electron chi connectivity index (χ2n) is 4.49. The van der Waals surface area contributed by atoms with Crippen molar-refractivity contribution < 1.29 is 8.42 Å². The summed E-state index contributed by atoms with van der Waals surface area (Å²) in [6.07, 6.45) is 1.28. The van der Waals surface area contributed by atoms with Gasteiger partial charge in [-0.05, 0) is 43.5 Å². The van der Waals surface area contributed by atoms with Gasteiger partial charge in [0.25, 0.3) is 0 Å². The van der Waals surface area contributed by atoms with Gasteiger partial charge < -0.3 is 0 Å². The summed E-state index contributed by atoms with van der Waals surface area (Å²) in [7, 11) is -3.65. The highest BCUT2D eigenvalue weighted by atomic mass is 32.2. The first kappa shape index (κ1) is 13.5. The number of rotatable bonds is 2. The van der Waals surface area contributed by atoms with E-state index in [9.17, 15) is 8.42 Å². The predicted octanol–water partition coefficient (Wildman–Crippen LogP) is 1.54. The van der Waals surface area contributed by atoms with Crippen LogP contribution in [0.5, 0.6) is 0 Å². The topological polar surface area (TPSA) is 85.0 Å². The highest BCUT2D eigenvalue weighted by Crippen LogP contribution is 2.26. The lowest BCUT2D eigenvalue weighted by Crippen LogP contribution is -2.34. The summed E-state index contributed by atoms with van der Waals surface area (Å²) in [5.74, 6) is 0. The van der Waals surface area contributed by atoms with Crippen LogP contribution in [0.3, 0.4) is 0 Å². The van der Waals surface area contributed by atoms with Gasteiger partial charge in [0.15, 0.2) is 0 Å². The summed E-state index contributed by atoms with van der Waals surface area (Å²) >= 11 is 0. The van der Waals surface area contributed by atoms with Crippen LogP contribution in [-0.4, -0.2) is 25.3 Å². The van der Waals surface area contributed by atoms with Gasteiger partial charge >= 0.3 is 0 Å². The largest absolute Gasteiger partial charge is 0.244 e. The molecule has 1 aromatic carbocycles. The van der Waals surface area contributed by atoms with Gasteiger partial charge in [0.05, 0.1) is 22.6 Å². The number of hydrogen-bond donors (Lipinski definition) is 0. The fourth-order valence-electron chi connectivity index (χ4n) is 2.21. The molecule has 1 atom stereocenters. The summed E-state index contributed by atoms with van der Waals surface area (Å²) in [6, 6.07) is 7.85. The van der Waals surface area contributed by atoms with Crippen molar-refractivity contribution in [1.82, 2.24) is 4.31 Å². The van der Waals surface area contributed by atoms with Crippen LogP contribution in [0, 0.1) is 29.6 Å². The molecule has 19 heavy (non-hydrogen) atoms. The zero-order valence-corrected chi connectivity index (χ0v) is 11.3. The van der Waals surface area contributed by atoms with E-state index in [2.05, 4.69) is 0 Å². The molecule has 6 heteroatoms. The van der Waals surface area contributed by atoms with Gasteiger partial charge in [-0.3, -0.25) is 0 Å². The average molecular weight is 275 g/mol. The van der Waals surface area contributed by atoms with Gasteiger partial charge in [0, 0.05) is 6.54 Å². The van der Waals surface area contributed by atoms with Crippen LogP contribution in [-0.2, 0) is 10.0 Å². The monoisotopic (exact) mass is 275 g/mol. The van der Waals surface area contributed by atoms with E-state index in [1.807, 2.05) is 12.1 Å². The number of benzene rings is 1. The maximum Gasteiger partial charge on any atom is 0.244 e. The molecule has 1 fully saturated rings. The van der Waals surface area contributed by atoms with E-state index in [-0.39, 0.29) is 4.90 Å². The molecule has 2 rings (SSSR count). The lowest BCUT2D eigenvalue weighted by Gasteiger charge is -2.19. The van der Waals surface area contributed by atoms with Crippen molar-refractivity contribution >= 4 is 10.0 Å². The maximum absolute atomic E-state index is 12.4. The predicted molar refractivity (Wildman–Crippen MR) is 68.4 cm³/mol. The van der Waals surface area contributed by atoms with Gasteiger partial charge in [-0.15, -0.1) is 0 Å². The molecule has 1 aromatic rings. The lowest BCUT2D eigenvalue weighted by molar-refractivity contribution is 0.437. The molecule has 0 aromatic heterocycles. The van der Waals surface area contributed by atoms with Gasteiger partial charge in [-0.25, -0.2) is 8.42 Å². The molecule has 98 valence electrons. The zero-order valence-electron chi connectivity index (χ0n) is 10.5. The summed E-state index contributed by atoms with van der Waals surface area (Å²) < 4.78 is 26.1. The van der Waals surface area contributed by atoms with Crippen molar-refractivity contribution in [2.45, 2.75) is 30.7 Å². The summed E-state index contributed by atoms with van der Waals surface area (Å²) in [6.45, 7) is 2.07. The fraction of sp³-hybridized carbons (Fsp3) is 0.385. The molecule has 0 radical (unpaired) electrons. The Morgan fingerprint density at radius 1 is 1.37 bits per heavy atom. The summed E-state index contributed by atoms with van der Waals surface area (Å²) in [5, 5.41) is 17.8. The van der Waals surface area contributed by atoms with E-state index in [0.717, 1.165) is 0 Å². The Morgan fingerprint density at radius 2 is 2.11 bits per heavy atom. The minimum absolute atomic E-state index is 0.145. The van der Waals surface area contributed by atoms with Crippen LogP contribution in [0.15, 0.2) is 23.1 Å². The molecule has 1 aliphatic rings. The Balaban J connectivity index is 2.44. The quantitative estimate of drug-likeness (QED) is 0.819. The van der Waals surface area contributed by atoms with Crippen LogP contribution in [0.4, 0.5) is 0 Å². The van der Waals surface area contributed by atoms with Crippen LogP contribution >= 0.6 is 0 Å². The molecule has 0 amide bonds. The normalized spacial score (nSPS) is 19.8. The van der Waals surface area contributed by atoms with Gasteiger partial charge in [-0.2, -0.15) is 14.8 Å². The maximum atomic E-state index is 12.4. The Hall–Kier alpha value is -1.89. The average Bonchev–Trinajstić information content (AvgIpc) is 2.87. The van der Waals surface area contributed by atoms with E-state index in [1.165, 1.54) is 22.5 Å². The molecular weight excluding hydrogens is 262 g/mol. The highest BCUT2D eigenvalue weighted by Gasteiger charge is 2.35. The van der Waals surface area contributed by atoms with Gasteiger partial charge in [0.2, 0.25) is 10.0 Å². The third-order valence-electron chi connectivity index (χ3n) is 3.28. The third-order valence-corrected chi connectivity index (χ3v) is 5.18. The van der Waals surface area contributed by atoms with E-state index in [4.69, 9.17) is 10.5 Å². The number of aryl methyl sites for hydroxylation is 1. The molecule has 0 saturated carbocycles. The third kappa shape index (κ3) is 2.33. The van der Waals surface area contributed by atoms with E-state index >= 15 is 0 Å². The second-order valence-corrected chi connectivity index (χ2v) is 6.38. The molecule has 0 bridgehead atoms. The molecule has 0 N–H and O–H groups in total. The number of nitrogens with zero attached hydrogens (tertiary/aromatic N) is 3. The molecule has 1 saturated heterocycles. The fourth-order valence-corrected chi connectivity index (χ4v) is 3.91. The van der Waals surface area contributed by atoms with Crippen molar-refractivity contribution in [1.29, 1.82) is 10.5 Å². The molecule has 0 spiro atoms. The number of sulfonamides is 1. The molecule has 5 nitrogen and oxygen atoms in total. The minimum Gasteiger partial charge on any atom is -0.207 e. The van der Waals surface area contributed by atoms with E-state index < -0.39 is 16.1 Å². The Bertz CT molecular complexity index is 683. The van der Waals surface area contributed by atoms with Crippen LogP contribution in [0.1, 0.15) is 24.0 Å². The Morgan fingerprint density at radius 3 is 2.68 bits per heavy atom. The summed E-state index contributed by atoms with van der Waals surface area (Å²) in [5.41, 5.74) is 1.08. The molecule has 0 aliphatic carbocycles. The minimum atomic E-state index is -3.65. The first-order chi connectivity index (χ1) is 9.00. The van der Waals surface area contributed by atoms with Crippen molar-refractivity contribution in [2.24, 2.45) is 0 Å². The molecule has 1 heterocycles. The van der Waals surface area contributed by atoms with Crippen LogP contribution < -0.4 is 0 Å². The first-order valence-electron chi connectivity index (χ1n) is 5.93. The second kappa shape index (κ2) is 5.00. The Labute approximate surface area is 112 Å². The number of hydrogen-bond acceptors (Lipinski definition) is 4. The van der Waals surface area contributed by atoms with Crippen molar-refractivity contribution in [3.05, 3.63) is 29.3 Å². The standard InChI is InChI=1S/C13H13N3O2S/c1-10-7-13(5-4-11(10)8-14)19(17,18)16-6-2-3-12(16)9-15/h4-5,7,12H,2-3,6H2,1H3. The summed E-state index contributed by atoms with van der Waals surface area (Å²) in [4.78, 5) is 0.145.